The lowest BCUT2D eigenvalue weighted by Crippen LogP contribution is -2.40. The van der Waals surface area contributed by atoms with E-state index in [9.17, 15) is 8.42 Å². The summed E-state index contributed by atoms with van der Waals surface area (Å²) in [5.41, 5.74) is 0.470. The summed E-state index contributed by atoms with van der Waals surface area (Å²) in [4.78, 5) is 0.303. The zero-order valence-corrected chi connectivity index (χ0v) is 12.4. The van der Waals surface area contributed by atoms with Crippen molar-refractivity contribution in [2.45, 2.75) is 44.2 Å². The van der Waals surface area contributed by atoms with E-state index in [2.05, 4.69) is 10.0 Å². The molecule has 0 aliphatic rings. The monoisotopic (exact) mass is 270 g/mol. The van der Waals surface area contributed by atoms with Crippen LogP contribution in [0.2, 0.25) is 0 Å². The van der Waals surface area contributed by atoms with Gasteiger partial charge >= 0.3 is 0 Å². The summed E-state index contributed by atoms with van der Waals surface area (Å²) in [6, 6.07) is 7.11. The van der Waals surface area contributed by atoms with Crippen LogP contribution in [0, 0.1) is 0 Å². The van der Waals surface area contributed by atoms with Crippen LogP contribution in [0.25, 0.3) is 0 Å². The second-order valence-electron chi connectivity index (χ2n) is 5.44. The lowest BCUT2D eigenvalue weighted by Gasteiger charge is -2.21. The van der Waals surface area contributed by atoms with Gasteiger partial charge in [-0.15, -0.1) is 0 Å². The maximum Gasteiger partial charge on any atom is 0.241 e. The Balaban J connectivity index is 3.10. The normalized spacial score (nSPS) is 14.5. The molecule has 0 saturated heterocycles. The van der Waals surface area contributed by atoms with Crippen molar-refractivity contribution in [1.29, 1.82) is 0 Å². The van der Waals surface area contributed by atoms with Crippen molar-refractivity contribution in [3.8, 4) is 0 Å². The van der Waals surface area contributed by atoms with Crippen LogP contribution in [0.3, 0.4) is 0 Å². The molecular weight excluding hydrogens is 248 g/mol. The van der Waals surface area contributed by atoms with E-state index in [0.29, 0.717) is 4.90 Å². The molecule has 102 valence electrons. The average molecular weight is 270 g/mol. The predicted molar refractivity (Wildman–Crippen MR) is 74.0 cm³/mol. The summed E-state index contributed by atoms with van der Waals surface area (Å²) in [6.45, 7) is 7.46. The lowest BCUT2D eigenvalue weighted by atomic mass is 10.1. The molecular formula is C13H22N2O2S. The van der Waals surface area contributed by atoms with Crippen LogP contribution in [0.4, 0.5) is 0 Å². The van der Waals surface area contributed by atoms with E-state index in [0.717, 1.165) is 5.56 Å². The smallest absolute Gasteiger partial charge is 0.241 e. The van der Waals surface area contributed by atoms with Gasteiger partial charge < -0.3 is 5.32 Å². The third kappa shape index (κ3) is 4.08. The Morgan fingerprint density at radius 2 is 1.83 bits per heavy atom. The Morgan fingerprint density at radius 3 is 2.33 bits per heavy atom. The van der Waals surface area contributed by atoms with Crippen LogP contribution < -0.4 is 10.0 Å². The van der Waals surface area contributed by atoms with Gasteiger partial charge in [-0.1, -0.05) is 12.1 Å². The first-order valence-corrected chi connectivity index (χ1v) is 7.45. The van der Waals surface area contributed by atoms with Gasteiger partial charge in [0.25, 0.3) is 0 Å². The molecule has 0 spiro atoms. The molecule has 1 aromatic rings. The summed E-state index contributed by atoms with van der Waals surface area (Å²) in [6.07, 6.45) is 0. The minimum Gasteiger partial charge on any atom is -0.313 e. The van der Waals surface area contributed by atoms with Gasteiger partial charge in [-0.3, -0.25) is 0 Å². The second-order valence-corrected chi connectivity index (χ2v) is 7.12. The first-order valence-electron chi connectivity index (χ1n) is 5.97. The van der Waals surface area contributed by atoms with Gasteiger partial charge in [0, 0.05) is 11.6 Å². The molecule has 0 aliphatic carbocycles. The van der Waals surface area contributed by atoms with E-state index in [-0.39, 0.29) is 6.04 Å². The zero-order valence-electron chi connectivity index (χ0n) is 11.6. The van der Waals surface area contributed by atoms with Crippen LogP contribution in [0.5, 0.6) is 0 Å². The minimum atomic E-state index is -3.46. The fraction of sp³-hybridized carbons (Fsp3) is 0.538. The molecule has 0 aliphatic heterocycles. The third-order valence-corrected chi connectivity index (χ3v) is 4.30. The molecule has 1 aromatic carbocycles. The van der Waals surface area contributed by atoms with E-state index in [1.54, 1.807) is 18.2 Å². The van der Waals surface area contributed by atoms with Gasteiger partial charge in [-0.25, -0.2) is 13.1 Å². The van der Waals surface area contributed by atoms with Gasteiger partial charge in [-0.05, 0) is 52.4 Å². The zero-order chi connectivity index (χ0) is 14.0. The highest BCUT2D eigenvalue weighted by Crippen LogP contribution is 2.18. The molecule has 0 bridgehead atoms. The predicted octanol–water partition coefficient (Wildman–Crippen LogP) is 2.04. The Hall–Kier alpha value is -0.910. The third-order valence-electron chi connectivity index (χ3n) is 2.54. The highest BCUT2D eigenvalue weighted by molar-refractivity contribution is 7.89. The summed E-state index contributed by atoms with van der Waals surface area (Å²) < 4.78 is 27.0. The second kappa shape index (κ2) is 5.38. The summed E-state index contributed by atoms with van der Waals surface area (Å²) >= 11 is 0. The number of rotatable bonds is 4. The first-order chi connectivity index (χ1) is 8.15. The Bertz CT molecular complexity index is 504. The van der Waals surface area contributed by atoms with Crippen LogP contribution >= 0.6 is 0 Å². The molecule has 18 heavy (non-hydrogen) atoms. The van der Waals surface area contributed by atoms with Gasteiger partial charge in [0.05, 0.1) is 4.90 Å². The minimum absolute atomic E-state index is 0.120. The molecule has 1 unspecified atom stereocenters. The molecule has 2 N–H and O–H groups in total. The Kier molecular flexibility index (Phi) is 4.53. The molecule has 4 nitrogen and oxygen atoms in total. The van der Waals surface area contributed by atoms with Crippen LogP contribution in [0.1, 0.15) is 39.3 Å². The number of nitrogens with one attached hydrogen (secondary N) is 2. The number of sulfonamides is 1. The van der Waals surface area contributed by atoms with E-state index in [4.69, 9.17) is 0 Å². The van der Waals surface area contributed by atoms with Gasteiger partial charge in [-0.2, -0.15) is 0 Å². The molecule has 0 aromatic heterocycles. The SMILES string of the molecule is CNC(C)c1cccc(S(=O)(=O)NC(C)(C)C)c1. The molecule has 0 amide bonds. The van der Waals surface area contributed by atoms with Crippen LogP contribution in [-0.2, 0) is 10.0 Å². The summed E-state index contributed by atoms with van der Waals surface area (Å²) in [5, 5.41) is 3.09. The number of hydrogen-bond donors (Lipinski definition) is 2. The summed E-state index contributed by atoms with van der Waals surface area (Å²) in [7, 11) is -1.61. The van der Waals surface area contributed by atoms with E-state index in [1.165, 1.54) is 0 Å². The van der Waals surface area contributed by atoms with Crippen molar-refractivity contribution in [2.75, 3.05) is 7.05 Å². The highest BCUT2D eigenvalue weighted by atomic mass is 32.2. The van der Waals surface area contributed by atoms with Crippen molar-refractivity contribution in [3.05, 3.63) is 29.8 Å². The molecule has 0 radical (unpaired) electrons. The summed E-state index contributed by atoms with van der Waals surface area (Å²) in [5.74, 6) is 0. The van der Waals surface area contributed by atoms with Crippen LogP contribution in [-0.4, -0.2) is 21.0 Å². The highest BCUT2D eigenvalue weighted by Gasteiger charge is 2.22. The average Bonchev–Trinajstić information content (AvgIpc) is 2.25. The standard InChI is InChI=1S/C13H22N2O2S/c1-10(14-5)11-7-6-8-12(9-11)18(16,17)15-13(2,3)4/h6-10,14-15H,1-5H3. The van der Waals surface area contributed by atoms with Gasteiger partial charge in [0.1, 0.15) is 0 Å². The molecule has 0 fully saturated rings. The fourth-order valence-electron chi connectivity index (χ4n) is 1.58. The lowest BCUT2D eigenvalue weighted by molar-refractivity contribution is 0.491. The maximum absolute atomic E-state index is 12.2. The Morgan fingerprint density at radius 1 is 1.22 bits per heavy atom. The quantitative estimate of drug-likeness (QED) is 0.880. The van der Waals surface area contributed by atoms with Gasteiger partial charge in [0.2, 0.25) is 10.0 Å². The van der Waals surface area contributed by atoms with Crippen molar-refractivity contribution >= 4 is 10.0 Å². The van der Waals surface area contributed by atoms with Crippen molar-refractivity contribution in [1.82, 2.24) is 10.0 Å². The maximum atomic E-state index is 12.2. The van der Waals surface area contributed by atoms with Crippen molar-refractivity contribution < 1.29 is 8.42 Å². The molecule has 0 saturated carbocycles. The fourth-order valence-corrected chi connectivity index (χ4v) is 3.05. The Labute approximate surface area is 110 Å². The molecule has 0 heterocycles. The largest absolute Gasteiger partial charge is 0.313 e. The first kappa shape index (κ1) is 15.1. The van der Waals surface area contributed by atoms with Crippen molar-refractivity contribution in [2.24, 2.45) is 0 Å². The number of benzene rings is 1. The van der Waals surface area contributed by atoms with E-state index >= 15 is 0 Å². The van der Waals surface area contributed by atoms with E-state index < -0.39 is 15.6 Å². The van der Waals surface area contributed by atoms with E-state index in [1.807, 2.05) is 40.8 Å². The molecule has 1 atom stereocenters. The van der Waals surface area contributed by atoms with Gasteiger partial charge in [0.15, 0.2) is 0 Å². The van der Waals surface area contributed by atoms with Crippen molar-refractivity contribution in [3.63, 3.8) is 0 Å². The number of hydrogen-bond acceptors (Lipinski definition) is 3. The molecule has 5 heteroatoms. The molecule has 1 rings (SSSR count). The topological polar surface area (TPSA) is 58.2 Å². The van der Waals surface area contributed by atoms with Crippen LogP contribution in [0.15, 0.2) is 29.2 Å².